The van der Waals surface area contributed by atoms with Gasteiger partial charge in [-0.1, -0.05) is 18.6 Å². The smallest absolute Gasteiger partial charge is 0.311 e. The van der Waals surface area contributed by atoms with Crippen LogP contribution in [0.3, 0.4) is 0 Å². The highest BCUT2D eigenvalue weighted by molar-refractivity contribution is 6.01. The molecule has 3 aromatic rings. The van der Waals surface area contributed by atoms with Gasteiger partial charge in [0.1, 0.15) is 11.2 Å². The molecule has 8 nitrogen and oxygen atoms in total. The van der Waals surface area contributed by atoms with E-state index in [2.05, 4.69) is 10.1 Å². The molecule has 1 saturated heterocycles. The van der Waals surface area contributed by atoms with Gasteiger partial charge in [0.2, 0.25) is 0 Å². The number of carboxylic acids is 1. The zero-order valence-corrected chi connectivity index (χ0v) is 14.5. The Morgan fingerprint density at radius 2 is 2.11 bits per heavy atom. The van der Waals surface area contributed by atoms with Gasteiger partial charge < -0.3 is 15.0 Å². The first-order valence-electron chi connectivity index (χ1n) is 9.03. The average molecular weight is 366 g/mol. The predicted octanol–water partition coefficient (Wildman–Crippen LogP) is 1.50. The Labute approximate surface area is 153 Å². The van der Waals surface area contributed by atoms with E-state index in [1.807, 2.05) is 6.07 Å². The molecule has 27 heavy (non-hydrogen) atoms. The van der Waals surface area contributed by atoms with Gasteiger partial charge in [-0.2, -0.15) is 5.10 Å². The molecule has 2 aliphatic rings. The quantitative estimate of drug-likeness (QED) is 0.715. The lowest BCUT2D eigenvalue weighted by atomic mass is 9.81. The minimum atomic E-state index is -0.835. The highest BCUT2D eigenvalue weighted by atomic mass is 16.4. The topological polar surface area (TPSA) is 108 Å². The van der Waals surface area contributed by atoms with Crippen molar-refractivity contribution in [2.45, 2.75) is 19.3 Å². The largest absolute Gasteiger partial charge is 0.481 e. The number of amides is 1. The number of carboxylic acid groups (broad SMARTS) is 1. The van der Waals surface area contributed by atoms with Gasteiger partial charge in [0, 0.05) is 13.1 Å². The van der Waals surface area contributed by atoms with Crippen LogP contribution in [0.5, 0.6) is 0 Å². The second kappa shape index (κ2) is 5.42. The summed E-state index contributed by atoms with van der Waals surface area (Å²) in [6, 6.07) is 7.06. The second-order valence-electron chi connectivity index (χ2n) is 7.53. The van der Waals surface area contributed by atoms with Gasteiger partial charge in [-0.15, -0.1) is 0 Å². The van der Waals surface area contributed by atoms with Crippen molar-refractivity contribution >= 4 is 28.4 Å². The molecule has 2 atom stereocenters. The fraction of sp³-hybridized carbons (Fsp3) is 0.368. The molecule has 0 unspecified atom stereocenters. The number of likely N-dealkylation sites (tertiary alicyclic amines) is 1. The van der Waals surface area contributed by atoms with Gasteiger partial charge in [-0.05, 0) is 30.9 Å². The summed E-state index contributed by atoms with van der Waals surface area (Å²) in [7, 11) is 0. The molecule has 0 spiro atoms. The maximum absolute atomic E-state index is 13.1. The SMILES string of the molecule is O=C(c1cnn2c1[nH]c(=O)c1ccccc12)N1C[C@@H]2CCC[C@@]2(C(=O)O)C1. The van der Waals surface area contributed by atoms with E-state index < -0.39 is 11.4 Å². The van der Waals surface area contributed by atoms with Crippen LogP contribution in [0, 0.1) is 11.3 Å². The Kier molecular flexibility index (Phi) is 3.22. The molecule has 1 saturated carbocycles. The van der Waals surface area contributed by atoms with Gasteiger partial charge in [0.15, 0.2) is 0 Å². The molecule has 1 aliphatic heterocycles. The molecule has 8 heteroatoms. The van der Waals surface area contributed by atoms with E-state index in [4.69, 9.17) is 0 Å². The van der Waals surface area contributed by atoms with Crippen LogP contribution < -0.4 is 5.56 Å². The number of aromatic nitrogens is 3. The van der Waals surface area contributed by atoms with Crippen LogP contribution in [0.15, 0.2) is 35.3 Å². The summed E-state index contributed by atoms with van der Waals surface area (Å²) < 4.78 is 1.55. The highest BCUT2D eigenvalue weighted by Gasteiger charge is 2.56. The minimum Gasteiger partial charge on any atom is -0.481 e. The average Bonchev–Trinajstić information content (AvgIpc) is 3.33. The Hall–Kier alpha value is -3.16. The summed E-state index contributed by atoms with van der Waals surface area (Å²) in [5.74, 6) is -1.12. The van der Waals surface area contributed by atoms with E-state index in [1.54, 1.807) is 27.6 Å². The summed E-state index contributed by atoms with van der Waals surface area (Å²) in [5.41, 5.74) is 0.130. The molecule has 0 radical (unpaired) electrons. The number of aromatic amines is 1. The van der Waals surface area contributed by atoms with Crippen molar-refractivity contribution in [2.24, 2.45) is 11.3 Å². The summed E-state index contributed by atoms with van der Waals surface area (Å²) in [6.07, 6.45) is 3.76. The molecule has 2 aromatic heterocycles. The van der Waals surface area contributed by atoms with Crippen LogP contribution in [0.1, 0.15) is 29.6 Å². The highest BCUT2D eigenvalue weighted by Crippen LogP contribution is 2.49. The van der Waals surface area contributed by atoms with E-state index in [9.17, 15) is 19.5 Å². The first kappa shape index (κ1) is 16.0. The molecule has 1 aromatic carbocycles. The van der Waals surface area contributed by atoms with Crippen molar-refractivity contribution in [3.8, 4) is 0 Å². The Bertz CT molecular complexity index is 1160. The van der Waals surface area contributed by atoms with Crippen molar-refractivity contribution in [3.63, 3.8) is 0 Å². The summed E-state index contributed by atoms with van der Waals surface area (Å²) in [4.78, 5) is 41.7. The summed E-state index contributed by atoms with van der Waals surface area (Å²) >= 11 is 0. The molecule has 2 N–H and O–H groups in total. The monoisotopic (exact) mass is 366 g/mol. The second-order valence-corrected chi connectivity index (χ2v) is 7.53. The molecule has 138 valence electrons. The van der Waals surface area contributed by atoms with E-state index in [1.165, 1.54) is 6.20 Å². The number of hydrogen-bond acceptors (Lipinski definition) is 4. The molecule has 2 fully saturated rings. The number of carbonyl (C=O) groups is 2. The van der Waals surface area contributed by atoms with Gasteiger partial charge in [-0.3, -0.25) is 14.4 Å². The Balaban J connectivity index is 1.58. The lowest BCUT2D eigenvalue weighted by Gasteiger charge is -2.23. The Morgan fingerprint density at radius 3 is 2.89 bits per heavy atom. The van der Waals surface area contributed by atoms with Gasteiger partial charge in [-0.25, -0.2) is 4.52 Å². The van der Waals surface area contributed by atoms with E-state index in [0.29, 0.717) is 35.1 Å². The number of nitrogens with zero attached hydrogens (tertiary/aromatic N) is 3. The van der Waals surface area contributed by atoms with Crippen LogP contribution in [0.2, 0.25) is 0 Å². The Morgan fingerprint density at radius 1 is 1.30 bits per heavy atom. The number of para-hydroxylation sites is 1. The summed E-state index contributed by atoms with van der Waals surface area (Å²) in [6.45, 7) is 0.640. The van der Waals surface area contributed by atoms with Crippen molar-refractivity contribution < 1.29 is 14.7 Å². The number of H-pyrrole nitrogens is 1. The van der Waals surface area contributed by atoms with Crippen LogP contribution in [0.25, 0.3) is 16.6 Å². The van der Waals surface area contributed by atoms with Crippen LogP contribution in [-0.2, 0) is 4.79 Å². The fourth-order valence-corrected chi connectivity index (χ4v) is 4.80. The van der Waals surface area contributed by atoms with Gasteiger partial charge >= 0.3 is 5.97 Å². The summed E-state index contributed by atoms with van der Waals surface area (Å²) in [5, 5.41) is 14.5. The van der Waals surface area contributed by atoms with Gasteiger partial charge in [0.05, 0.1) is 22.5 Å². The molecule has 1 amide bonds. The lowest BCUT2D eigenvalue weighted by Crippen LogP contribution is -2.37. The lowest BCUT2D eigenvalue weighted by molar-refractivity contribution is -0.149. The first-order chi connectivity index (χ1) is 13.0. The number of fused-ring (bicyclic) bond motifs is 4. The number of rotatable bonds is 2. The predicted molar refractivity (Wildman–Crippen MR) is 96.6 cm³/mol. The number of nitrogens with one attached hydrogen (secondary N) is 1. The molecule has 0 bridgehead atoms. The van der Waals surface area contributed by atoms with Crippen molar-refractivity contribution in [2.75, 3.05) is 13.1 Å². The third kappa shape index (κ3) is 2.09. The first-order valence-corrected chi connectivity index (χ1v) is 9.03. The maximum Gasteiger partial charge on any atom is 0.311 e. The zero-order valence-electron chi connectivity index (χ0n) is 14.5. The molecule has 3 heterocycles. The zero-order chi connectivity index (χ0) is 18.8. The number of benzene rings is 1. The van der Waals surface area contributed by atoms with E-state index in [0.717, 1.165) is 12.8 Å². The number of hydrogen-bond donors (Lipinski definition) is 2. The minimum absolute atomic E-state index is 0.0133. The van der Waals surface area contributed by atoms with Crippen LogP contribution >= 0.6 is 0 Å². The van der Waals surface area contributed by atoms with E-state index >= 15 is 0 Å². The normalized spacial score (nSPS) is 24.6. The van der Waals surface area contributed by atoms with Crippen molar-refractivity contribution in [1.82, 2.24) is 19.5 Å². The molecular weight excluding hydrogens is 348 g/mol. The number of aliphatic carboxylic acids is 1. The third-order valence-electron chi connectivity index (χ3n) is 6.19. The molecular formula is C19H18N4O4. The van der Waals surface area contributed by atoms with E-state index in [-0.39, 0.29) is 23.9 Å². The third-order valence-corrected chi connectivity index (χ3v) is 6.19. The van der Waals surface area contributed by atoms with Crippen LogP contribution in [0.4, 0.5) is 0 Å². The van der Waals surface area contributed by atoms with Crippen molar-refractivity contribution in [3.05, 3.63) is 46.4 Å². The van der Waals surface area contributed by atoms with Gasteiger partial charge in [0.25, 0.3) is 11.5 Å². The van der Waals surface area contributed by atoms with Crippen molar-refractivity contribution in [1.29, 1.82) is 0 Å². The fourth-order valence-electron chi connectivity index (χ4n) is 4.80. The number of carbonyl (C=O) groups excluding carboxylic acids is 1. The van der Waals surface area contributed by atoms with Crippen LogP contribution in [-0.4, -0.2) is 49.6 Å². The maximum atomic E-state index is 13.1. The standard InChI is InChI=1S/C19H18N4O4/c24-16-12-5-1-2-6-14(12)23-15(21-16)13(8-20-23)17(25)22-9-11-4-3-7-19(11,10-22)18(26)27/h1-2,5-6,8,11H,3-4,7,9-10H2,(H,21,24)(H,26,27)/t11-,19+/m0/s1. The molecule has 5 rings (SSSR count). The molecule has 1 aliphatic carbocycles.